The van der Waals surface area contributed by atoms with Crippen molar-refractivity contribution in [3.05, 3.63) is 35.4 Å². The molecular formula is C15H21Na2O5P. The van der Waals surface area contributed by atoms with Gasteiger partial charge in [-0.3, -0.25) is 0 Å². The molecule has 0 aliphatic rings. The van der Waals surface area contributed by atoms with Crippen LogP contribution in [-0.2, 0) is 9.30 Å². The molecule has 0 fully saturated rings. The average Bonchev–Trinajstić information content (AvgIpc) is 2.32. The van der Waals surface area contributed by atoms with Crippen LogP contribution in [0.3, 0.4) is 0 Å². The quantitative estimate of drug-likeness (QED) is 0.300. The fourth-order valence-corrected chi connectivity index (χ4v) is 2.79. The molecule has 1 rings (SSSR count). The summed E-state index contributed by atoms with van der Waals surface area (Å²) in [4.78, 5) is 21.4. The molecule has 8 heteroatoms. The van der Waals surface area contributed by atoms with Crippen molar-refractivity contribution in [1.29, 1.82) is 0 Å². The molecule has 5 nitrogen and oxygen atoms in total. The number of allylic oxidation sites excluding steroid dienone is 1. The number of hydrogen-bond donors (Lipinski definition) is 0. The van der Waals surface area contributed by atoms with Gasteiger partial charge in [-0.15, -0.1) is 0 Å². The maximum Gasteiger partial charge on any atom is 1.00 e. The summed E-state index contributed by atoms with van der Waals surface area (Å²) in [5.74, 6) is 1.21. The van der Waals surface area contributed by atoms with E-state index in [2.05, 4.69) is 32.2 Å². The van der Waals surface area contributed by atoms with E-state index in [9.17, 15) is 14.4 Å². The third kappa shape index (κ3) is 8.57. The van der Waals surface area contributed by atoms with Gasteiger partial charge in [-0.2, -0.15) is 0 Å². The number of ether oxygens (including phenoxy) is 1. The van der Waals surface area contributed by atoms with Gasteiger partial charge in [0.1, 0.15) is 19.3 Å². The Morgan fingerprint density at radius 3 is 2.00 bits per heavy atom. The molecular weight excluding hydrogens is 337 g/mol. The van der Waals surface area contributed by atoms with Gasteiger partial charge in [0.15, 0.2) is 0 Å². The van der Waals surface area contributed by atoms with Gasteiger partial charge in [0.2, 0.25) is 0 Å². The van der Waals surface area contributed by atoms with E-state index in [0.717, 1.165) is 5.57 Å². The Kier molecular flexibility index (Phi) is 12.8. The van der Waals surface area contributed by atoms with Gasteiger partial charge in [0, 0.05) is 5.56 Å². The van der Waals surface area contributed by atoms with Crippen LogP contribution in [0.5, 0.6) is 5.75 Å². The molecule has 1 aromatic rings. The topological polar surface area (TPSA) is 81.7 Å². The Bertz CT molecular complexity index is 557. The summed E-state index contributed by atoms with van der Waals surface area (Å²) in [6.07, 6.45) is 0. The van der Waals surface area contributed by atoms with Crippen molar-refractivity contribution in [2.24, 2.45) is 11.8 Å². The standard InChI is InChI=1S/C15H23O5P.2Na/c1-10(2)14(11(3)4)15(19-5)12-7-6-8-13(9-12)20-21(16,17)18;;/h6-11H,1-5H3,(H2,16,17,18);;/q;2*+1/p-2. The summed E-state index contributed by atoms with van der Waals surface area (Å²) in [6.45, 7) is 8.27. The Balaban J connectivity index is 0. The van der Waals surface area contributed by atoms with Crippen LogP contribution in [0.15, 0.2) is 29.8 Å². The summed E-state index contributed by atoms with van der Waals surface area (Å²) >= 11 is 0. The number of phosphoric ester groups is 1. The molecule has 0 N–H and O–H groups in total. The van der Waals surface area contributed by atoms with Gasteiger partial charge in [0.25, 0.3) is 0 Å². The number of benzene rings is 1. The third-order valence-corrected chi connectivity index (χ3v) is 3.46. The van der Waals surface area contributed by atoms with Crippen LogP contribution in [0.25, 0.3) is 5.76 Å². The van der Waals surface area contributed by atoms with Gasteiger partial charge in [0.05, 0.1) is 7.11 Å². The summed E-state index contributed by atoms with van der Waals surface area (Å²) in [6, 6.07) is 6.32. The van der Waals surface area contributed by atoms with Crippen LogP contribution < -0.4 is 73.4 Å². The molecule has 1 aromatic carbocycles. The van der Waals surface area contributed by atoms with Crippen molar-refractivity contribution in [2.75, 3.05) is 7.11 Å². The van der Waals surface area contributed by atoms with E-state index in [0.29, 0.717) is 11.3 Å². The van der Waals surface area contributed by atoms with E-state index in [4.69, 9.17) is 4.74 Å². The van der Waals surface area contributed by atoms with E-state index in [1.54, 1.807) is 19.2 Å². The smallest absolute Gasteiger partial charge is 0.780 e. The SMILES string of the molecule is COC(=C(C(C)C)C(C)C)c1cccc(OP(=O)([O-])[O-])c1.[Na+].[Na+]. The summed E-state index contributed by atoms with van der Waals surface area (Å²) < 4.78 is 20.6. The van der Waals surface area contributed by atoms with E-state index < -0.39 is 7.82 Å². The second-order valence-electron chi connectivity index (χ2n) is 5.36. The second kappa shape index (κ2) is 11.3. The van der Waals surface area contributed by atoms with Crippen LogP contribution in [0, 0.1) is 11.8 Å². The van der Waals surface area contributed by atoms with Crippen LogP contribution in [0.4, 0.5) is 0 Å². The maximum atomic E-state index is 10.7. The Hall–Kier alpha value is 0.710. The summed E-state index contributed by atoms with van der Waals surface area (Å²) in [5, 5.41) is 0. The van der Waals surface area contributed by atoms with E-state index in [1.165, 1.54) is 12.1 Å². The monoisotopic (exact) mass is 358 g/mol. The van der Waals surface area contributed by atoms with Crippen LogP contribution in [0.2, 0.25) is 0 Å². The van der Waals surface area contributed by atoms with Gasteiger partial charge < -0.3 is 23.6 Å². The van der Waals surface area contributed by atoms with Gasteiger partial charge in [-0.25, -0.2) is 0 Å². The van der Waals surface area contributed by atoms with E-state index >= 15 is 0 Å². The van der Waals surface area contributed by atoms with Crippen molar-refractivity contribution in [3.8, 4) is 5.75 Å². The summed E-state index contributed by atoms with van der Waals surface area (Å²) in [5.41, 5.74) is 1.79. The van der Waals surface area contributed by atoms with E-state index in [1.807, 2.05) is 0 Å². The fourth-order valence-electron chi connectivity index (χ4n) is 2.42. The first-order valence-electron chi connectivity index (χ1n) is 6.75. The zero-order chi connectivity index (χ0) is 16.2. The molecule has 0 heterocycles. The van der Waals surface area contributed by atoms with Gasteiger partial charge >= 0.3 is 59.1 Å². The number of hydrogen-bond acceptors (Lipinski definition) is 5. The largest absolute Gasteiger partial charge is 1.00 e. The zero-order valence-corrected chi connectivity index (χ0v) is 19.8. The van der Waals surface area contributed by atoms with Crippen LogP contribution in [-0.4, -0.2) is 7.11 Å². The Morgan fingerprint density at radius 2 is 1.61 bits per heavy atom. The number of rotatable bonds is 6. The average molecular weight is 358 g/mol. The van der Waals surface area contributed by atoms with Crippen LogP contribution in [0.1, 0.15) is 33.3 Å². The molecule has 23 heavy (non-hydrogen) atoms. The molecule has 0 atom stereocenters. The minimum Gasteiger partial charge on any atom is -0.780 e. The molecule has 0 aromatic heterocycles. The first-order valence-corrected chi connectivity index (χ1v) is 8.22. The van der Waals surface area contributed by atoms with Gasteiger partial charge in [-0.05, 0) is 29.5 Å². The molecule has 0 aliphatic heterocycles. The summed E-state index contributed by atoms with van der Waals surface area (Å²) in [7, 11) is -3.50. The van der Waals surface area contributed by atoms with E-state index in [-0.39, 0.29) is 76.7 Å². The van der Waals surface area contributed by atoms with Crippen molar-refractivity contribution < 1.29 is 82.7 Å². The molecule has 0 radical (unpaired) electrons. The molecule has 0 spiro atoms. The molecule has 0 saturated carbocycles. The van der Waals surface area contributed by atoms with Crippen molar-refractivity contribution >= 4 is 13.6 Å². The first kappa shape index (κ1) is 25.9. The predicted octanol–water partition coefficient (Wildman–Crippen LogP) is -3.43. The minimum absolute atomic E-state index is 0. The molecule has 0 aliphatic carbocycles. The molecule has 118 valence electrons. The van der Waals surface area contributed by atoms with Gasteiger partial charge in [-0.1, -0.05) is 39.8 Å². The first-order chi connectivity index (χ1) is 9.65. The molecule has 0 amide bonds. The van der Waals surface area contributed by atoms with Crippen molar-refractivity contribution in [1.82, 2.24) is 0 Å². The van der Waals surface area contributed by atoms with Crippen molar-refractivity contribution in [2.45, 2.75) is 27.7 Å². The maximum absolute atomic E-state index is 10.7. The fraction of sp³-hybridized carbons (Fsp3) is 0.467. The predicted molar refractivity (Wildman–Crippen MR) is 78.3 cm³/mol. The number of methoxy groups -OCH3 is 1. The molecule has 0 unspecified atom stereocenters. The third-order valence-electron chi connectivity index (χ3n) is 3.02. The molecule has 0 saturated heterocycles. The Morgan fingerprint density at radius 1 is 1.09 bits per heavy atom. The second-order valence-corrected chi connectivity index (χ2v) is 6.44. The number of phosphoric acid groups is 1. The molecule has 0 bridgehead atoms. The normalized spacial score (nSPS) is 10.7. The van der Waals surface area contributed by atoms with Crippen LogP contribution >= 0.6 is 7.82 Å². The minimum atomic E-state index is -5.06. The zero-order valence-electron chi connectivity index (χ0n) is 15.0. The van der Waals surface area contributed by atoms with Crippen molar-refractivity contribution in [3.63, 3.8) is 0 Å². The Labute approximate surface area is 182 Å².